The van der Waals surface area contributed by atoms with Crippen molar-refractivity contribution in [2.75, 3.05) is 27.4 Å². The second-order valence-electron chi connectivity index (χ2n) is 4.93. The van der Waals surface area contributed by atoms with Crippen molar-refractivity contribution in [2.24, 2.45) is 0 Å². The Morgan fingerprint density at radius 2 is 2.05 bits per heavy atom. The summed E-state index contributed by atoms with van der Waals surface area (Å²) in [6.45, 7) is 2.72. The maximum absolute atomic E-state index is 12.0. The Kier molecular flexibility index (Phi) is 6.47. The molecule has 0 amide bonds. The number of hydrogen-bond acceptors (Lipinski definition) is 4. The number of nitrogens with one attached hydrogen (secondary N) is 1. The summed E-state index contributed by atoms with van der Waals surface area (Å²) < 4.78 is 47.9. The molecule has 0 aliphatic heterocycles. The summed E-state index contributed by atoms with van der Waals surface area (Å²) >= 11 is 0. The highest BCUT2D eigenvalue weighted by Crippen LogP contribution is 2.29. The van der Waals surface area contributed by atoms with Crippen molar-refractivity contribution >= 4 is 0 Å². The number of rotatable bonds is 8. The van der Waals surface area contributed by atoms with E-state index in [1.807, 2.05) is 13.8 Å². The lowest BCUT2D eigenvalue weighted by Gasteiger charge is -2.21. The van der Waals surface area contributed by atoms with Gasteiger partial charge in [-0.15, -0.1) is 0 Å². The highest BCUT2D eigenvalue weighted by atomic mass is 19.4. The highest BCUT2D eigenvalue weighted by molar-refractivity contribution is 5.28. The molecule has 1 heterocycles. The molecule has 1 aromatic heterocycles. The molecule has 0 radical (unpaired) electrons. The first-order valence-electron chi connectivity index (χ1n) is 6.73. The molecule has 0 saturated carbocycles. The van der Waals surface area contributed by atoms with Crippen molar-refractivity contribution < 1.29 is 22.6 Å². The van der Waals surface area contributed by atoms with Crippen molar-refractivity contribution in [1.82, 2.24) is 15.1 Å². The van der Waals surface area contributed by atoms with E-state index < -0.39 is 12.8 Å². The van der Waals surface area contributed by atoms with Crippen LogP contribution in [0.4, 0.5) is 13.2 Å². The van der Waals surface area contributed by atoms with Crippen LogP contribution in [0.25, 0.3) is 0 Å². The summed E-state index contributed by atoms with van der Waals surface area (Å²) in [5, 5.41) is 7.32. The molecule has 0 spiro atoms. The van der Waals surface area contributed by atoms with Gasteiger partial charge in [-0.2, -0.15) is 18.3 Å². The van der Waals surface area contributed by atoms with Gasteiger partial charge >= 0.3 is 6.18 Å². The lowest BCUT2D eigenvalue weighted by molar-refractivity contribution is -0.174. The molecule has 1 N–H and O–H groups in total. The standard InChI is InChI=1S/C13H22F3N3O2/c1-9(2)19-12(11(20-4)7-18-19)10(17-3)5-6-21-8-13(14,15)16/h7,9-10,17H,5-6,8H2,1-4H3. The van der Waals surface area contributed by atoms with E-state index in [4.69, 9.17) is 4.74 Å². The van der Waals surface area contributed by atoms with Gasteiger partial charge in [0.2, 0.25) is 0 Å². The third-order valence-corrected chi connectivity index (χ3v) is 3.00. The highest BCUT2D eigenvalue weighted by Gasteiger charge is 2.28. The largest absolute Gasteiger partial charge is 0.493 e. The van der Waals surface area contributed by atoms with E-state index in [9.17, 15) is 13.2 Å². The van der Waals surface area contributed by atoms with Crippen LogP contribution in [0.2, 0.25) is 0 Å². The van der Waals surface area contributed by atoms with E-state index in [1.54, 1.807) is 17.9 Å². The van der Waals surface area contributed by atoms with Crippen molar-refractivity contribution in [2.45, 2.75) is 38.5 Å². The Morgan fingerprint density at radius 3 is 2.52 bits per heavy atom. The van der Waals surface area contributed by atoms with Gasteiger partial charge in [0.25, 0.3) is 0 Å². The van der Waals surface area contributed by atoms with Crippen LogP contribution in [0.1, 0.15) is 38.0 Å². The van der Waals surface area contributed by atoms with Crippen LogP contribution in [0.15, 0.2) is 6.20 Å². The van der Waals surface area contributed by atoms with Gasteiger partial charge in [0.05, 0.1) is 25.0 Å². The number of methoxy groups -OCH3 is 1. The maximum atomic E-state index is 12.0. The Bertz CT molecular complexity index is 433. The zero-order valence-electron chi connectivity index (χ0n) is 12.7. The first kappa shape index (κ1) is 17.8. The van der Waals surface area contributed by atoms with Crippen LogP contribution in [0.3, 0.4) is 0 Å². The summed E-state index contributed by atoms with van der Waals surface area (Å²) in [6, 6.07) is -0.0751. The summed E-state index contributed by atoms with van der Waals surface area (Å²) in [5.74, 6) is 0.610. The molecule has 21 heavy (non-hydrogen) atoms. The molecular formula is C13H22F3N3O2. The van der Waals surface area contributed by atoms with Gasteiger partial charge in [-0.25, -0.2) is 0 Å². The van der Waals surface area contributed by atoms with Crippen LogP contribution in [-0.2, 0) is 4.74 Å². The van der Waals surface area contributed by atoms with E-state index in [0.717, 1.165) is 5.69 Å². The van der Waals surface area contributed by atoms with Crippen LogP contribution in [0, 0.1) is 0 Å². The summed E-state index contributed by atoms with van der Waals surface area (Å²) in [5.41, 5.74) is 0.811. The molecule has 0 fully saturated rings. The number of hydrogen-bond donors (Lipinski definition) is 1. The van der Waals surface area contributed by atoms with E-state index >= 15 is 0 Å². The SMILES string of the molecule is CNC(CCOCC(F)(F)F)c1c(OC)cnn1C(C)C. The Balaban J connectivity index is 2.73. The molecule has 0 aliphatic carbocycles. The lowest BCUT2D eigenvalue weighted by Crippen LogP contribution is -2.24. The Labute approximate surface area is 122 Å². The number of nitrogens with zero attached hydrogens (tertiary/aromatic N) is 2. The van der Waals surface area contributed by atoms with Gasteiger partial charge in [0.1, 0.15) is 6.61 Å². The predicted octanol–water partition coefficient (Wildman–Crippen LogP) is 2.70. The smallest absolute Gasteiger partial charge is 0.411 e. The summed E-state index contributed by atoms with van der Waals surface area (Å²) in [7, 11) is 3.28. The minimum atomic E-state index is -4.30. The maximum Gasteiger partial charge on any atom is 0.411 e. The first-order valence-corrected chi connectivity index (χ1v) is 6.73. The molecule has 0 saturated heterocycles. The topological polar surface area (TPSA) is 48.3 Å². The van der Waals surface area contributed by atoms with Gasteiger partial charge in [-0.05, 0) is 27.3 Å². The van der Waals surface area contributed by atoms with Gasteiger partial charge in [0, 0.05) is 12.6 Å². The molecule has 0 aliphatic rings. The predicted molar refractivity (Wildman–Crippen MR) is 72.5 cm³/mol. The normalized spacial score (nSPS) is 13.7. The number of alkyl halides is 3. The molecule has 1 atom stereocenters. The fourth-order valence-electron chi connectivity index (χ4n) is 2.06. The second kappa shape index (κ2) is 7.65. The minimum Gasteiger partial charge on any atom is -0.493 e. The molecule has 1 aromatic rings. The van der Waals surface area contributed by atoms with Crippen LogP contribution in [0.5, 0.6) is 5.75 Å². The average molecular weight is 309 g/mol. The number of ether oxygens (including phenoxy) is 2. The van der Waals surface area contributed by atoms with Crippen LogP contribution >= 0.6 is 0 Å². The van der Waals surface area contributed by atoms with Crippen LogP contribution in [-0.4, -0.2) is 43.3 Å². The fraction of sp³-hybridized carbons (Fsp3) is 0.769. The Hall–Kier alpha value is -1.28. The van der Waals surface area contributed by atoms with Gasteiger partial charge < -0.3 is 14.8 Å². The van der Waals surface area contributed by atoms with Crippen molar-refractivity contribution in [1.29, 1.82) is 0 Å². The number of aromatic nitrogens is 2. The quantitative estimate of drug-likeness (QED) is 0.750. The summed E-state index contributed by atoms with van der Waals surface area (Å²) in [4.78, 5) is 0. The van der Waals surface area contributed by atoms with Crippen LogP contribution < -0.4 is 10.1 Å². The Morgan fingerprint density at radius 1 is 1.38 bits per heavy atom. The average Bonchev–Trinajstić information content (AvgIpc) is 2.81. The van der Waals surface area contributed by atoms with E-state index in [1.165, 1.54) is 7.11 Å². The zero-order chi connectivity index (χ0) is 16.0. The van der Waals surface area contributed by atoms with Crippen molar-refractivity contribution in [3.63, 3.8) is 0 Å². The molecular weight excluding hydrogens is 287 g/mol. The molecule has 0 aromatic carbocycles. The first-order chi connectivity index (χ1) is 9.80. The molecule has 0 bridgehead atoms. The van der Waals surface area contributed by atoms with E-state index in [0.29, 0.717) is 12.2 Å². The van der Waals surface area contributed by atoms with E-state index in [-0.39, 0.29) is 18.7 Å². The third-order valence-electron chi connectivity index (χ3n) is 3.00. The second-order valence-corrected chi connectivity index (χ2v) is 4.93. The minimum absolute atomic E-state index is 0.00253. The lowest BCUT2D eigenvalue weighted by atomic mass is 10.1. The van der Waals surface area contributed by atoms with Crippen molar-refractivity contribution in [3.8, 4) is 5.75 Å². The third kappa shape index (κ3) is 5.20. The molecule has 1 rings (SSSR count). The van der Waals surface area contributed by atoms with Gasteiger partial charge in [-0.1, -0.05) is 0 Å². The summed E-state index contributed by atoms with van der Waals surface area (Å²) in [6.07, 6.45) is -2.30. The van der Waals surface area contributed by atoms with Crippen molar-refractivity contribution in [3.05, 3.63) is 11.9 Å². The fourth-order valence-corrected chi connectivity index (χ4v) is 2.06. The molecule has 5 nitrogen and oxygen atoms in total. The molecule has 1 unspecified atom stereocenters. The zero-order valence-corrected chi connectivity index (χ0v) is 12.7. The number of halogens is 3. The molecule has 8 heteroatoms. The van der Waals surface area contributed by atoms with E-state index in [2.05, 4.69) is 15.2 Å². The monoisotopic (exact) mass is 309 g/mol. The van der Waals surface area contributed by atoms with Gasteiger partial charge in [-0.3, -0.25) is 4.68 Å². The van der Waals surface area contributed by atoms with Gasteiger partial charge in [0.15, 0.2) is 5.75 Å². The molecule has 122 valence electrons.